The van der Waals surface area contributed by atoms with Crippen molar-refractivity contribution in [1.82, 2.24) is 9.88 Å². The number of carbonyl (C=O) groups excluding carboxylic acids is 2. The summed E-state index contributed by atoms with van der Waals surface area (Å²) in [6.45, 7) is 0.242. The Hall–Kier alpha value is -2.79. The maximum absolute atomic E-state index is 12.5. The molecular formula is C19H12N2O2S. The third-order valence-electron chi connectivity index (χ3n) is 4.54. The molecule has 3 aromatic rings. The van der Waals surface area contributed by atoms with Gasteiger partial charge in [-0.2, -0.15) is 0 Å². The molecule has 2 amide bonds. The zero-order chi connectivity index (χ0) is 16.3. The lowest BCUT2D eigenvalue weighted by Crippen LogP contribution is -2.29. The second-order valence-corrected chi connectivity index (χ2v) is 7.12. The first-order valence-electron chi connectivity index (χ1n) is 7.74. The molecule has 116 valence electrons. The third kappa shape index (κ3) is 1.82. The van der Waals surface area contributed by atoms with Crippen LogP contribution in [0.1, 0.15) is 36.2 Å². The Morgan fingerprint density at radius 2 is 1.54 bits per heavy atom. The van der Waals surface area contributed by atoms with Crippen molar-refractivity contribution in [3.8, 4) is 11.3 Å². The van der Waals surface area contributed by atoms with Crippen molar-refractivity contribution in [3.63, 3.8) is 0 Å². The first-order chi connectivity index (χ1) is 11.7. The fourth-order valence-corrected chi connectivity index (χ4v) is 4.49. The average Bonchev–Trinajstić information content (AvgIpc) is 3.22. The number of aromatic nitrogens is 1. The number of carbonyl (C=O) groups is 2. The number of hydrogen-bond acceptors (Lipinski definition) is 4. The van der Waals surface area contributed by atoms with Gasteiger partial charge in [-0.15, -0.1) is 11.3 Å². The molecule has 2 heterocycles. The summed E-state index contributed by atoms with van der Waals surface area (Å²) in [5.41, 5.74) is 4.42. The van der Waals surface area contributed by atoms with Gasteiger partial charge in [0, 0.05) is 16.9 Å². The summed E-state index contributed by atoms with van der Waals surface area (Å²) in [6, 6.07) is 15.2. The van der Waals surface area contributed by atoms with E-state index in [1.165, 1.54) is 15.3 Å². The highest BCUT2D eigenvalue weighted by Gasteiger charge is 2.36. The molecule has 0 radical (unpaired) electrons. The molecule has 0 N–H and O–H groups in total. The van der Waals surface area contributed by atoms with Gasteiger partial charge in [-0.1, -0.05) is 36.4 Å². The molecule has 1 aliphatic carbocycles. The topological polar surface area (TPSA) is 50.3 Å². The van der Waals surface area contributed by atoms with E-state index in [2.05, 4.69) is 12.1 Å². The molecule has 0 atom stereocenters. The van der Waals surface area contributed by atoms with Gasteiger partial charge in [0.15, 0.2) is 0 Å². The lowest BCUT2D eigenvalue weighted by atomic mass is 10.1. The Labute approximate surface area is 142 Å². The minimum absolute atomic E-state index is 0.230. The zero-order valence-corrected chi connectivity index (χ0v) is 13.5. The summed E-state index contributed by atoms with van der Waals surface area (Å²) in [7, 11) is 0. The molecule has 5 rings (SSSR count). The number of nitrogens with zero attached hydrogens (tertiary/aromatic N) is 2. The van der Waals surface area contributed by atoms with Crippen molar-refractivity contribution in [2.24, 2.45) is 0 Å². The molecule has 0 saturated carbocycles. The molecule has 2 aromatic carbocycles. The van der Waals surface area contributed by atoms with Crippen LogP contribution in [0.5, 0.6) is 0 Å². The van der Waals surface area contributed by atoms with Crippen LogP contribution >= 0.6 is 11.3 Å². The van der Waals surface area contributed by atoms with Crippen LogP contribution in [0.15, 0.2) is 48.5 Å². The Morgan fingerprint density at radius 3 is 2.25 bits per heavy atom. The molecule has 24 heavy (non-hydrogen) atoms. The van der Waals surface area contributed by atoms with Crippen molar-refractivity contribution in [3.05, 3.63) is 75.1 Å². The fraction of sp³-hybridized carbons (Fsp3) is 0.105. The van der Waals surface area contributed by atoms with E-state index in [0.717, 1.165) is 22.7 Å². The normalized spacial score (nSPS) is 14.8. The van der Waals surface area contributed by atoms with Gasteiger partial charge >= 0.3 is 0 Å². The Bertz CT molecular complexity index is 987. The van der Waals surface area contributed by atoms with Gasteiger partial charge in [0.25, 0.3) is 11.8 Å². The summed E-state index contributed by atoms with van der Waals surface area (Å²) < 4.78 is 0. The van der Waals surface area contributed by atoms with Crippen LogP contribution in [0.2, 0.25) is 0 Å². The maximum atomic E-state index is 12.5. The van der Waals surface area contributed by atoms with E-state index in [4.69, 9.17) is 4.98 Å². The predicted octanol–water partition coefficient (Wildman–Crippen LogP) is 3.51. The Morgan fingerprint density at radius 1 is 0.917 bits per heavy atom. The molecule has 0 spiro atoms. The van der Waals surface area contributed by atoms with Gasteiger partial charge in [0.1, 0.15) is 5.01 Å². The molecule has 1 aliphatic heterocycles. The fourth-order valence-electron chi connectivity index (χ4n) is 3.39. The molecule has 2 aliphatic rings. The number of fused-ring (bicyclic) bond motifs is 4. The van der Waals surface area contributed by atoms with E-state index in [0.29, 0.717) is 11.1 Å². The smallest absolute Gasteiger partial charge is 0.261 e. The number of imide groups is 1. The maximum Gasteiger partial charge on any atom is 0.261 e. The van der Waals surface area contributed by atoms with Crippen LogP contribution in [-0.2, 0) is 13.0 Å². The molecule has 0 unspecified atom stereocenters. The van der Waals surface area contributed by atoms with Crippen LogP contribution in [0, 0.1) is 0 Å². The van der Waals surface area contributed by atoms with Crippen molar-refractivity contribution in [2.75, 3.05) is 0 Å². The lowest BCUT2D eigenvalue weighted by molar-refractivity contribution is 0.0642. The molecule has 0 fully saturated rings. The predicted molar refractivity (Wildman–Crippen MR) is 91.0 cm³/mol. The number of thiazole rings is 1. The van der Waals surface area contributed by atoms with E-state index >= 15 is 0 Å². The van der Waals surface area contributed by atoms with E-state index in [1.54, 1.807) is 35.6 Å². The first kappa shape index (κ1) is 13.6. The number of hydrogen-bond donors (Lipinski definition) is 0. The van der Waals surface area contributed by atoms with Crippen LogP contribution in [-0.4, -0.2) is 21.7 Å². The number of benzene rings is 2. The Kier molecular flexibility index (Phi) is 2.76. The van der Waals surface area contributed by atoms with Crippen LogP contribution in [0.25, 0.3) is 11.3 Å². The molecule has 5 heteroatoms. The lowest BCUT2D eigenvalue weighted by Gasteiger charge is -2.11. The van der Waals surface area contributed by atoms with E-state index in [-0.39, 0.29) is 18.4 Å². The Balaban J connectivity index is 1.47. The second kappa shape index (κ2) is 4.85. The molecule has 4 nitrogen and oxygen atoms in total. The summed E-state index contributed by atoms with van der Waals surface area (Å²) in [5.74, 6) is -0.460. The third-order valence-corrected chi connectivity index (χ3v) is 5.58. The highest BCUT2D eigenvalue weighted by atomic mass is 32.1. The summed E-state index contributed by atoms with van der Waals surface area (Å²) in [6.07, 6.45) is 0.880. The number of rotatable bonds is 2. The molecular weight excluding hydrogens is 320 g/mol. The monoisotopic (exact) mass is 332 g/mol. The van der Waals surface area contributed by atoms with E-state index in [1.807, 2.05) is 12.1 Å². The van der Waals surface area contributed by atoms with Crippen molar-refractivity contribution in [2.45, 2.75) is 13.0 Å². The molecule has 0 bridgehead atoms. The van der Waals surface area contributed by atoms with E-state index < -0.39 is 0 Å². The van der Waals surface area contributed by atoms with Crippen molar-refractivity contribution < 1.29 is 9.59 Å². The van der Waals surface area contributed by atoms with Gasteiger partial charge < -0.3 is 0 Å². The van der Waals surface area contributed by atoms with Gasteiger partial charge in [-0.05, 0) is 17.7 Å². The van der Waals surface area contributed by atoms with Gasteiger partial charge in [-0.3, -0.25) is 14.5 Å². The second-order valence-electron chi connectivity index (χ2n) is 5.96. The highest BCUT2D eigenvalue weighted by molar-refractivity contribution is 7.12. The van der Waals surface area contributed by atoms with Gasteiger partial charge in [0.05, 0.1) is 23.4 Å². The van der Waals surface area contributed by atoms with Crippen molar-refractivity contribution in [1.29, 1.82) is 0 Å². The largest absolute Gasteiger partial charge is 0.269 e. The minimum atomic E-state index is -0.230. The highest BCUT2D eigenvalue weighted by Crippen LogP contribution is 2.39. The SMILES string of the molecule is O=C1c2ccccc2C(=O)N1Cc1nc2c(s1)Cc1ccccc1-2. The summed E-state index contributed by atoms with van der Waals surface area (Å²) in [5, 5.41) is 0.809. The minimum Gasteiger partial charge on any atom is -0.269 e. The van der Waals surface area contributed by atoms with E-state index in [9.17, 15) is 9.59 Å². The first-order valence-corrected chi connectivity index (χ1v) is 8.56. The quantitative estimate of drug-likeness (QED) is 0.528. The van der Waals surface area contributed by atoms with Gasteiger partial charge in [-0.25, -0.2) is 4.98 Å². The van der Waals surface area contributed by atoms with Crippen molar-refractivity contribution >= 4 is 23.2 Å². The van der Waals surface area contributed by atoms with Crippen LogP contribution < -0.4 is 0 Å². The zero-order valence-electron chi connectivity index (χ0n) is 12.7. The molecule has 1 aromatic heterocycles. The molecule has 0 saturated heterocycles. The average molecular weight is 332 g/mol. The van der Waals surface area contributed by atoms with Gasteiger partial charge in [0.2, 0.25) is 0 Å². The summed E-state index contributed by atoms with van der Waals surface area (Å²) in [4.78, 5) is 32.1. The summed E-state index contributed by atoms with van der Waals surface area (Å²) >= 11 is 1.59. The number of amides is 2. The van der Waals surface area contributed by atoms with Crippen LogP contribution in [0.3, 0.4) is 0 Å². The standard InChI is InChI=1S/C19H12N2O2S/c22-18-13-7-3-4-8-14(13)19(23)21(18)10-16-20-17-12-6-2-1-5-11(12)9-15(17)24-16/h1-8H,9-10H2. The van der Waals surface area contributed by atoms with Crippen LogP contribution in [0.4, 0.5) is 0 Å².